The molecule has 2 heterocycles. The number of rotatable bonds is 8. The van der Waals surface area contributed by atoms with E-state index in [1.807, 2.05) is 69.3 Å². The van der Waals surface area contributed by atoms with Crippen LogP contribution in [0, 0.1) is 5.41 Å². The van der Waals surface area contributed by atoms with Crippen molar-refractivity contribution in [1.29, 1.82) is 0 Å². The van der Waals surface area contributed by atoms with Crippen LogP contribution in [0.1, 0.15) is 50.3 Å². The molecule has 1 fully saturated rings. The first-order valence-corrected chi connectivity index (χ1v) is 17.2. The second-order valence-electron chi connectivity index (χ2n) is 12.8. The van der Waals surface area contributed by atoms with Gasteiger partial charge >= 0.3 is 5.97 Å². The smallest absolute Gasteiger partial charge is 0.316 e. The topological polar surface area (TPSA) is 59.1 Å². The van der Waals surface area contributed by atoms with Gasteiger partial charge in [-0.2, -0.15) is 0 Å². The number of amides is 1. The van der Waals surface area contributed by atoms with E-state index in [1.54, 1.807) is 42.9 Å². The molecule has 0 aliphatic carbocycles. The average Bonchev–Trinajstić information content (AvgIpc) is 3.35. The van der Waals surface area contributed by atoms with Crippen LogP contribution in [0.5, 0.6) is 11.5 Å². The number of benzene rings is 3. The van der Waals surface area contributed by atoms with Gasteiger partial charge in [-0.15, -0.1) is 11.8 Å². The summed E-state index contributed by atoms with van der Waals surface area (Å²) in [6, 6.07) is 19.8. The lowest BCUT2D eigenvalue weighted by Gasteiger charge is -2.20. The molecule has 0 unspecified atom stereocenters. The predicted octanol–water partition coefficient (Wildman–Crippen LogP) is 8.50. The van der Waals surface area contributed by atoms with Crippen molar-refractivity contribution in [3.8, 4) is 11.5 Å². The summed E-state index contributed by atoms with van der Waals surface area (Å²) in [7, 11) is 3.50. The third-order valence-corrected chi connectivity index (χ3v) is 9.56. The molecule has 0 radical (unpaired) electrons. The number of nitrogens with zero attached hydrogens (tertiary/aromatic N) is 2. The van der Waals surface area contributed by atoms with E-state index in [2.05, 4.69) is 17.0 Å². The Balaban J connectivity index is 1.42. The summed E-state index contributed by atoms with van der Waals surface area (Å²) in [5.41, 5.74) is 4.66. The van der Waals surface area contributed by atoms with E-state index in [1.165, 1.54) is 0 Å². The molecule has 3 aromatic rings. The van der Waals surface area contributed by atoms with Crippen LogP contribution in [-0.4, -0.2) is 67.3 Å². The normalized spacial score (nSPS) is 17.2. The fourth-order valence-corrected chi connectivity index (χ4v) is 7.01. The quantitative estimate of drug-likeness (QED) is 0.135. The molecule has 0 saturated carbocycles. The highest BCUT2D eigenvalue weighted by atomic mass is 35.5. The van der Waals surface area contributed by atoms with Gasteiger partial charge in [0.25, 0.3) is 0 Å². The summed E-state index contributed by atoms with van der Waals surface area (Å²) in [5.74, 6) is 1.90. The second kappa shape index (κ2) is 14.7. The summed E-state index contributed by atoms with van der Waals surface area (Å²) in [6.07, 6.45) is 5.33. The minimum Gasteiger partial charge on any atom is -0.489 e. The zero-order chi connectivity index (χ0) is 33.0. The van der Waals surface area contributed by atoms with Crippen molar-refractivity contribution in [2.24, 2.45) is 5.41 Å². The number of esters is 1. The summed E-state index contributed by atoms with van der Waals surface area (Å²) >= 11 is 14.8. The van der Waals surface area contributed by atoms with E-state index in [0.29, 0.717) is 15.8 Å². The second-order valence-corrected chi connectivity index (χ2v) is 14.8. The Morgan fingerprint density at radius 2 is 1.72 bits per heavy atom. The van der Waals surface area contributed by atoms with Gasteiger partial charge in [-0.3, -0.25) is 14.5 Å². The molecule has 6 nitrogen and oxygen atoms in total. The zero-order valence-corrected chi connectivity index (χ0v) is 29.3. The van der Waals surface area contributed by atoms with Crippen molar-refractivity contribution in [2.75, 3.05) is 39.5 Å². The number of carbonyl (C=O) groups excluding carboxylic acids is 2. The van der Waals surface area contributed by atoms with Gasteiger partial charge in [0.2, 0.25) is 5.91 Å². The first-order valence-electron chi connectivity index (χ1n) is 15.4. The van der Waals surface area contributed by atoms with Gasteiger partial charge in [0.05, 0.1) is 5.41 Å². The number of allylic oxidation sites excluding steroid dienone is 1. The molecular weight excluding hydrogens is 639 g/mol. The number of hydrogen-bond acceptors (Lipinski definition) is 6. The maximum Gasteiger partial charge on any atom is 0.316 e. The maximum atomic E-state index is 12.6. The average molecular weight is 680 g/mol. The highest BCUT2D eigenvalue weighted by Crippen LogP contribution is 2.46. The molecule has 242 valence electrons. The molecular formula is C37H40Cl2N2O4S. The number of likely N-dealkylation sites (N-methyl/N-ethyl adjacent to an activating group) is 1. The molecule has 2 aliphatic rings. The van der Waals surface area contributed by atoms with Crippen LogP contribution >= 0.6 is 35.0 Å². The summed E-state index contributed by atoms with van der Waals surface area (Å²) in [5, 5.41) is 1.20. The van der Waals surface area contributed by atoms with E-state index >= 15 is 0 Å². The molecule has 0 N–H and O–H groups in total. The Morgan fingerprint density at radius 3 is 2.41 bits per heavy atom. The molecule has 0 aromatic heterocycles. The molecule has 3 aromatic carbocycles. The Kier molecular flexibility index (Phi) is 10.9. The Hall–Kier alpha value is -3.23. The van der Waals surface area contributed by atoms with Gasteiger partial charge < -0.3 is 14.4 Å². The van der Waals surface area contributed by atoms with Gasteiger partial charge in [0, 0.05) is 60.5 Å². The van der Waals surface area contributed by atoms with E-state index < -0.39 is 5.41 Å². The number of likely N-dealkylation sites (tertiary alicyclic amines) is 1. The van der Waals surface area contributed by atoms with Gasteiger partial charge in [-0.25, -0.2) is 0 Å². The summed E-state index contributed by atoms with van der Waals surface area (Å²) in [4.78, 5) is 29.4. The van der Waals surface area contributed by atoms with E-state index in [0.717, 1.165) is 76.7 Å². The Morgan fingerprint density at radius 1 is 1.00 bits per heavy atom. The summed E-state index contributed by atoms with van der Waals surface area (Å²) < 4.78 is 12.1. The highest BCUT2D eigenvalue weighted by Gasteiger charge is 2.27. The first kappa shape index (κ1) is 34.1. The molecule has 1 amide bonds. The summed E-state index contributed by atoms with van der Waals surface area (Å²) in [6.45, 7) is 7.99. The van der Waals surface area contributed by atoms with Gasteiger partial charge in [-0.05, 0) is 104 Å². The van der Waals surface area contributed by atoms with Crippen LogP contribution in [0.2, 0.25) is 10.0 Å². The molecule has 5 rings (SSSR count). The minimum atomic E-state index is -0.604. The lowest BCUT2D eigenvalue weighted by molar-refractivity contribution is -0.143. The molecule has 9 heteroatoms. The fraction of sp³-hybridized carbons (Fsp3) is 0.351. The lowest BCUT2D eigenvalue weighted by atomic mass is 9.88. The highest BCUT2D eigenvalue weighted by molar-refractivity contribution is 7.99. The van der Waals surface area contributed by atoms with E-state index in [4.69, 9.17) is 32.7 Å². The third-order valence-electron chi connectivity index (χ3n) is 7.95. The van der Waals surface area contributed by atoms with Crippen LogP contribution in [-0.2, 0) is 9.59 Å². The maximum absolute atomic E-state index is 12.6. The third kappa shape index (κ3) is 8.37. The van der Waals surface area contributed by atoms with E-state index in [9.17, 15) is 9.59 Å². The molecule has 0 spiro atoms. The van der Waals surface area contributed by atoms with Crippen LogP contribution in [0.4, 0.5) is 0 Å². The fourth-order valence-electron chi connectivity index (χ4n) is 5.44. The van der Waals surface area contributed by atoms with Gasteiger partial charge in [0.1, 0.15) is 17.6 Å². The van der Waals surface area contributed by atoms with Crippen molar-refractivity contribution in [3.63, 3.8) is 0 Å². The molecule has 0 bridgehead atoms. The van der Waals surface area contributed by atoms with Gasteiger partial charge in [0.15, 0.2) is 0 Å². The number of thioether (sulfide) groups is 1. The van der Waals surface area contributed by atoms with Crippen molar-refractivity contribution < 1.29 is 19.1 Å². The minimum absolute atomic E-state index is 0.0111. The molecule has 2 aliphatic heterocycles. The number of ether oxygens (including phenoxy) is 2. The number of fused-ring (bicyclic) bond motifs is 1. The van der Waals surface area contributed by atoms with Crippen LogP contribution in [0.15, 0.2) is 77.7 Å². The SMILES string of the molecule is CN(C)C(=O)/C=C/CN1CC[C@H](Oc2ccc(C3=C(c4ccc(Cl)cc4Cl)CCSc4cc(OC(=O)C(C)(C)C)ccc43)cc2)C1. The van der Waals surface area contributed by atoms with Gasteiger partial charge in [-0.1, -0.05) is 47.5 Å². The molecule has 1 saturated heterocycles. The number of hydrogen-bond donors (Lipinski definition) is 0. The van der Waals surface area contributed by atoms with Crippen LogP contribution < -0.4 is 9.47 Å². The van der Waals surface area contributed by atoms with Crippen molar-refractivity contribution >= 4 is 58.0 Å². The number of halogens is 2. The van der Waals surface area contributed by atoms with Crippen molar-refractivity contribution in [2.45, 2.75) is 44.6 Å². The molecule has 1 atom stereocenters. The number of carbonyl (C=O) groups is 2. The van der Waals surface area contributed by atoms with Crippen molar-refractivity contribution in [1.82, 2.24) is 9.80 Å². The predicted molar refractivity (Wildman–Crippen MR) is 189 cm³/mol. The van der Waals surface area contributed by atoms with E-state index in [-0.39, 0.29) is 18.0 Å². The monoisotopic (exact) mass is 678 g/mol. The Labute approximate surface area is 286 Å². The standard InChI is InChI=1S/C37H40Cl2N2O4S/c1-37(2,3)36(43)45-27-13-15-31-33(22-27)46-20-17-30(29-14-10-25(38)21-32(29)39)35(31)24-8-11-26(12-9-24)44-28-16-19-41(23-28)18-6-7-34(42)40(4)5/h6-15,21-22,28H,16-20,23H2,1-5H3/b7-6+/t28-/m0/s1. The molecule has 46 heavy (non-hydrogen) atoms. The van der Waals surface area contributed by atoms with Crippen LogP contribution in [0.25, 0.3) is 11.1 Å². The zero-order valence-electron chi connectivity index (χ0n) is 26.9. The Bertz CT molecular complexity index is 1660. The van der Waals surface area contributed by atoms with Crippen molar-refractivity contribution in [3.05, 3.63) is 99.6 Å². The van der Waals surface area contributed by atoms with Crippen LogP contribution in [0.3, 0.4) is 0 Å². The first-order chi connectivity index (χ1) is 21.9. The largest absolute Gasteiger partial charge is 0.489 e. The lowest BCUT2D eigenvalue weighted by Crippen LogP contribution is -2.25.